The van der Waals surface area contributed by atoms with Gasteiger partial charge >= 0.3 is 0 Å². The molecule has 1 heterocycles. The zero-order valence-electron chi connectivity index (χ0n) is 10.8. The maximum atomic E-state index is 13.1. The van der Waals surface area contributed by atoms with Gasteiger partial charge in [-0.2, -0.15) is 0 Å². The van der Waals surface area contributed by atoms with Crippen LogP contribution in [0.25, 0.3) is 0 Å². The quantitative estimate of drug-likeness (QED) is 0.647. The Morgan fingerprint density at radius 2 is 2.05 bits per heavy atom. The summed E-state index contributed by atoms with van der Waals surface area (Å²) in [5.74, 6) is 0.272. The second-order valence-corrected chi connectivity index (χ2v) is 4.02. The monoisotopic (exact) mass is 276 g/mol. The molecule has 0 saturated carbocycles. The molecule has 0 unspecified atom stereocenters. The van der Waals surface area contributed by atoms with Crippen LogP contribution in [0.15, 0.2) is 36.4 Å². The normalized spacial score (nSPS) is 10.1. The van der Waals surface area contributed by atoms with E-state index in [9.17, 15) is 14.5 Å². The van der Waals surface area contributed by atoms with E-state index in [4.69, 9.17) is 0 Å². The highest BCUT2D eigenvalue weighted by Crippen LogP contribution is 2.23. The molecule has 0 bridgehead atoms. The van der Waals surface area contributed by atoms with Crippen LogP contribution in [-0.4, -0.2) is 16.5 Å². The van der Waals surface area contributed by atoms with Gasteiger partial charge in [0.15, 0.2) is 0 Å². The number of hydrogen-bond donors (Lipinski definition) is 2. The number of anilines is 3. The summed E-state index contributed by atoms with van der Waals surface area (Å²) in [6, 6.07) is 8.44. The summed E-state index contributed by atoms with van der Waals surface area (Å²) >= 11 is 0. The minimum atomic E-state index is -0.501. The third-order valence-electron chi connectivity index (χ3n) is 2.48. The highest BCUT2D eigenvalue weighted by atomic mass is 19.1. The predicted molar refractivity (Wildman–Crippen MR) is 74.7 cm³/mol. The van der Waals surface area contributed by atoms with Crippen LogP contribution in [0.3, 0.4) is 0 Å². The molecular formula is C13H13FN4O2. The van der Waals surface area contributed by atoms with Crippen molar-refractivity contribution in [2.75, 3.05) is 17.2 Å². The maximum absolute atomic E-state index is 13.1. The molecule has 7 heteroatoms. The third-order valence-corrected chi connectivity index (χ3v) is 2.48. The van der Waals surface area contributed by atoms with Crippen LogP contribution < -0.4 is 10.6 Å². The molecule has 104 valence electrons. The number of rotatable bonds is 5. The summed E-state index contributed by atoms with van der Waals surface area (Å²) in [5, 5.41) is 16.6. The van der Waals surface area contributed by atoms with E-state index in [1.165, 1.54) is 24.3 Å². The lowest BCUT2D eigenvalue weighted by Gasteiger charge is -2.08. The Kier molecular flexibility index (Phi) is 4.09. The number of nitrogens with one attached hydrogen (secondary N) is 2. The summed E-state index contributed by atoms with van der Waals surface area (Å²) in [6.45, 7) is 2.45. The van der Waals surface area contributed by atoms with Crippen LogP contribution in [-0.2, 0) is 0 Å². The fourth-order valence-corrected chi connectivity index (χ4v) is 1.67. The Bertz CT molecular complexity index is 634. The van der Waals surface area contributed by atoms with Crippen molar-refractivity contribution in [2.45, 2.75) is 6.92 Å². The van der Waals surface area contributed by atoms with Gasteiger partial charge < -0.3 is 10.6 Å². The summed E-state index contributed by atoms with van der Waals surface area (Å²) in [5.41, 5.74) is 0.385. The van der Waals surface area contributed by atoms with Gasteiger partial charge in [0, 0.05) is 12.2 Å². The largest absolute Gasteiger partial charge is 0.370 e. The Labute approximate surface area is 114 Å². The van der Waals surface area contributed by atoms with Crippen molar-refractivity contribution >= 4 is 23.0 Å². The van der Waals surface area contributed by atoms with Gasteiger partial charge in [0.05, 0.1) is 17.1 Å². The molecule has 0 radical (unpaired) electrons. The first-order valence-corrected chi connectivity index (χ1v) is 6.01. The standard InChI is InChI=1S/C13H13FN4O2/c1-2-15-12-7-11(18(19)20)8-13(17-12)16-10-5-3-4-9(14)6-10/h3-8H,2H2,1H3,(H2,15,16,17). The van der Waals surface area contributed by atoms with Gasteiger partial charge in [0.2, 0.25) is 0 Å². The first kappa shape index (κ1) is 13.7. The van der Waals surface area contributed by atoms with Crippen molar-refractivity contribution in [1.29, 1.82) is 0 Å². The van der Waals surface area contributed by atoms with Crippen LogP contribution in [0.2, 0.25) is 0 Å². The highest BCUT2D eigenvalue weighted by molar-refractivity contribution is 5.62. The third kappa shape index (κ3) is 3.41. The van der Waals surface area contributed by atoms with Crippen molar-refractivity contribution in [3.63, 3.8) is 0 Å². The minimum Gasteiger partial charge on any atom is -0.370 e. The topological polar surface area (TPSA) is 80.1 Å². The van der Waals surface area contributed by atoms with E-state index in [1.807, 2.05) is 6.92 Å². The molecule has 1 aromatic carbocycles. The van der Waals surface area contributed by atoms with Gasteiger partial charge in [-0.05, 0) is 25.1 Å². The van der Waals surface area contributed by atoms with Crippen molar-refractivity contribution in [1.82, 2.24) is 4.98 Å². The molecule has 0 atom stereocenters. The Balaban J connectivity index is 2.32. The fourth-order valence-electron chi connectivity index (χ4n) is 1.67. The van der Waals surface area contributed by atoms with E-state index in [1.54, 1.807) is 12.1 Å². The number of aromatic nitrogens is 1. The Morgan fingerprint density at radius 1 is 1.30 bits per heavy atom. The van der Waals surface area contributed by atoms with Gasteiger partial charge in [-0.25, -0.2) is 9.37 Å². The van der Waals surface area contributed by atoms with Crippen molar-refractivity contribution in [3.05, 3.63) is 52.3 Å². The molecule has 0 aliphatic heterocycles. The Hall–Kier alpha value is -2.70. The summed E-state index contributed by atoms with van der Waals surface area (Å²) in [7, 11) is 0. The SMILES string of the molecule is CCNc1cc([N+](=O)[O-])cc(Nc2cccc(F)c2)n1. The molecule has 0 aliphatic rings. The van der Waals surface area contributed by atoms with Crippen LogP contribution in [0, 0.1) is 15.9 Å². The van der Waals surface area contributed by atoms with E-state index in [0.29, 0.717) is 18.1 Å². The van der Waals surface area contributed by atoms with Crippen molar-refractivity contribution in [2.24, 2.45) is 0 Å². The molecule has 0 fully saturated rings. The lowest BCUT2D eigenvalue weighted by molar-refractivity contribution is -0.384. The molecule has 1 aromatic heterocycles. The molecule has 0 saturated heterocycles. The summed E-state index contributed by atoms with van der Waals surface area (Å²) in [4.78, 5) is 14.6. The number of hydrogen-bond acceptors (Lipinski definition) is 5. The van der Waals surface area contributed by atoms with Crippen LogP contribution in [0.1, 0.15) is 6.92 Å². The first-order chi connectivity index (χ1) is 9.58. The molecule has 20 heavy (non-hydrogen) atoms. The highest BCUT2D eigenvalue weighted by Gasteiger charge is 2.11. The number of nitrogens with zero attached hydrogens (tertiary/aromatic N) is 2. The second-order valence-electron chi connectivity index (χ2n) is 4.02. The van der Waals surface area contributed by atoms with Gasteiger partial charge in [0.25, 0.3) is 5.69 Å². The van der Waals surface area contributed by atoms with Crippen molar-refractivity contribution in [3.8, 4) is 0 Å². The number of pyridine rings is 1. The molecule has 0 aliphatic carbocycles. The molecular weight excluding hydrogens is 263 g/mol. The van der Waals surface area contributed by atoms with Gasteiger partial charge in [0.1, 0.15) is 17.5 Å². The lowest BCUT2D eigenvalue weighted by atomic mass is 10.3. The number of benzene rings is 1. The van der Waals surface area contributed by atoms with E-state index in [0.717, 1.165) is 0 Å². The van der Waals surface area contributed by atoms with Gasteiger partial charge in [-0.1, -0.05) is 6.07 Å². The average Bonchev–Trinajstić information content (AvgIpc) is 2.38. The molecule has 6 nitrogen and oxygen atoms in total. The van der Waals surface area contributed by atoms with Crippen molar-refractivity contribution < 1.29 is 9.31 Å². The number of halogens is 1. The maximum Gasteiger partial charge on any atom is 0.276 e. The second kappa shape index (κ2) is 5.96. The van der Waals surface area contributed by atoms with Crippen LogP contribution in [0.4, 0.5) is 27.4 Å². The minimum absolute atomic E-state index is 0.0881. The van der Waals surface area contributed by atoms with Crippen LogP contribution >= 0.6 is 0 Å². The van der Waals surface area contributed by atoms with Gasteiger partial charge in [-0.3, -0.25) is 10.1 Å². The molecule has 2 rings (SSSR count). The number of nitro groups is 1. The smallest absolute Gasteiger partial charge is 0.276 e. The first-order valence-electron chi connectivity index (χ1n) is 6.01. The fraction of sp³-hybridized carbons (Fsp3) is 0.154. The predicted octanol–water partition coefficient (Wildman–Crippen LogP) is 3.30. The van der Waals surface area contributed by atoms with Crippen LogP contribution in [0.5, 0.6) is 0 Å². The van der Waals surface area contributed by atoms with E-state index < -0.39 is 10.7 Å². The molecule has 0 spiro atoms. The van der Waals surface area contributed by atoms with E-state index in [-0.39, 0.29) is 11.5 Å². The zero-order chi connectivity index (χ0) is 14.5. The average molecular weight is 276 g/mol. The molecule has 2 aromatic rings. The Morgan fingerprint density at radius 3 is 2.70 bits per heavy atom. The lowest BCUT2D eigenvalue weighted by Crippen LogP contribution is -2.03. The van der Waals surface area contributed by atoms with E-state index in [2.05, 4.69) is 15.6 Å². The summed E-state index contributed by atoms with van der Waals surface area (Å²) < 4.78 is 13.1. The molecule has 0 amide bonds. The summed E-state index contributed by atoms with van der Waals surface area (Å²) in [6.07, 6.45) is 0. The zero-order valence-corrected chi connectivity index (χ0v) is 10.8. The van der Waals surface area contributed by atoms with E-state index >= 15 is 0 Å². The van der Waals surface area contributed by atoms with Gasteiger partial charge in [-0.15, -0.1) is 0 Å². The molecule has 2 N–H and O–H groups in total.